The van der Waals surface area contributed by atoms with E-state index < -0.39 is 8.07 Å². The molecule has 0 aliphatic carbocycles. The topological polar surface area (TPSA) is 76.3 Å². The van der Waals surface area contributed by atoms with Gasteiger partial charge in [-0.2, -0.15) is 15.8 Å². The zero-order valence-corrected chi connectivity index (χ0v) is 28.0. The van der Waals surface area contributed by atoms with E-state index in [-0.39, 0.29) is 0 Å². The number of nitrogens with zero attached hydrogens (tertiary/aromatic N) is 4. The van der Waals surface area contributed by atoms with Crippen molar-refractivity contribution in [2.45, 2.75) is 0 Å². The van der Waals surface area contributed by atoms with Crippen LogP contribution < -0.4 is 20.7 Å². The van der Waals surface area contributed by atoms with Crippen LogP contribution in [0.2, 0.25) is 0 Å². The quantitative estimate of drug-likeness (QED) is 0.138. The molecular formula is C45H28N4Si. The summed E-state index contributed by atoms with van der Waals surface area (Å²) in [5.74, 6) is 0. The molecule has 0 saturated carbocycles. The molecule has 0 unspecified atom stereocenters. The third-order valence-corrected chi connectivity index (χ3v) is 14.4. The zero-order chi connectivity index (χ0) is 34.1. The fraction of sp³-hybridized carbons (Fsp3) is 0. The number of hydrogen-bond donors (Lipinski definition) is 0. The third-order valence-electron chi connectivity index (χ3n) is 9.62. The molecule has 1 aromatic heterocycles. The van der Waals surface area contributed by atoms with E-state index in [1.54, 1.807) is 0 Å². The summed E-state index contributed by atoms with van der Waals surface area (Å²) in [6, 6.07) is 64.8. The summed E-state index contributed by atoms with van der Waals surface area (Å²) in [5, 5.41) is 37.7. The van der Waals surface area contributed by atoms with Gasteiger partial charge in [0.2, 0.25) is 0 Å². The van der Waals surface area contributed by atoms with E-state index >= 15 is 0 Å². The van der Waals surface area contributed by atoms with E-state index in [1.165, 1.54) is 15.6 Å². The molecule has 0 radical (unpaired) electrons. The minimum absolute atomic E-state index is 0.490. The minimum atomic E-state index is -3.02. The Labute approximate surface area is 291 Å². The lowest BCUT2D eigenvalue weighted by Gasteiger charge is -2.35. The van der Waals surface area contributed by atoms with Crippen molar-refractivity contribution in [3.05, 3.63) is 187 Å². The van der Waals surface area contributed by atoms with Crippen molar-refractivity contribution < 1.29 is 0 Å². The molecule has 5 heteroatoms. The van der Waals surface area contributed by atoms with E-state index in [9.17, 15) is 15.8 Å². The van der Waals surface area contributed by atoms with Gasteiger partial charge >= 0.3 is 0 Å². The van der Waals surface area contributed by atoms with Crippen molar-refractivity contribution in [1.82, 2.24) is 4.57 Å². The SMILES string of the molecule is N#Cc1cc(-c2cccc([Si](c3ccccc3)(c3ccccc3)c3ccccc3)c2C#N)cc(-n2c3ccccc3c3cc(C#N)ccc32)c1. The molecule has 0 saturated heterocycles. The lowest BCUT2D eigenvalue weighted by Crippen LogP contribution is -2.75. The normalized spacial score (nSPS) is 11.1. The standard InChI is InChI=1S/C45H28N4Si/c46-29-32-23-24-44-41(27-32)40-19-10-11-21-43(40)49(44)35-26-33(30-47)25-34(28-35)39-20-12-22-45(42(39)31-48)50(36-13-4-1-5-14-36,37-15-6-2-7-16-37)38-17-8-3-9-18-38/h1-28H. The molecule has 0 N–H and O–H groups in total. The molecule has 4 nitrogen and oxygen atoms in total. The molecular weight excluding hydrogens is 625 g/mol. The van der Waals surface area contributed by atoms with Crippen LogP contribution in [0.4, 0.5) is 0 Å². The van der Waals surface area contributed by atoms with Crippen LogP contribution in [-0.4, -0.2) is 12.6 Å². The summed E-state index contributed by atoms with van der Waals surface area (Å²) in [4.78, 5) is 0. The lowest BCUT2D eigenvalue weighted by molar-refractivity contribution is 1.18. The van der Waals surface area contributed by atoms with Crippen molar-refractivity contribution in [3.63, 3.8) is 0 Å². The van der Waals surface area contributed by atoms with Gasteiger partial charge in [-0.3, -0.25) is 0 Å². The van der Waals surface area contributed by atoms with Crippen molar-refractivity contribution in [3.8, 4) is 35.0 Å². The van der Waals surface area contributed by atoms with Crippen molar-refractivity contribution in [2.75, 3.05) is 0 Å². The second-order valence-corrected chi connectivity index (χ2v) is 16.0. The van der Waals surface area contributed by atoms with E-state index in [1.807, 2.05) is 72.8 Å². The first kappa shape index (κ1) is 30.4. The summed E-state index contributed by atoms with van der Waals surface area (Å²) in [6.07, 6.45) is 0. The Kier molecular flexibility index (Phi) is 7.63. The molecule has 0 fully saturated rings. The number of para-hydroxylation sites is 1. The zero-order valence-electron chi connectivity index (χ0n) is 27.0. The molecule has 0 aliphatic rings. The predicted octanol–water partition coefficient (Wildman–Crippen LogP) is 7.44. The van der Waals surface area contributed by atoms with Gasteiger partial charge in [0.05, 0.1) is 45.9 Å². The van der Waals surface area contributed by atoms with Gasteiger partial charge in [-0.05, 0) is 74.3 Å². The molecule has 0 bridgehead atoms. The maximum atomic E-state index is 11.2. The van der Waals surface area contributed by atoms with Crippen LogP contribution in [-0.2, 0) is 0 Å². The summed E-state index contributed by atoms with van der Waals surface area (Å²) in [6.45, 7) is 0. The van der Waals surface area contributed by atoms with Crippen LogP contribution in [0.25, 0.3) is 38.6 Å². The molecule has 50 heavy (non-hydrogen) atoms. The average molecular weight is 653 g/mol. The van der Waals surface area contributed by atoms with Crippen molar-refractivity contribution in [1.29, 1.82) is 15.8 Å². The fourth-order valence-corrected chi connectivity index (χ4v) is 12.5. The van der Waals surface area contributed by atoms with Crippen LogP contribution in [0.5, 0.6) is 0 Å². The van der Waals surface area contributed by atoms with E-state index in [4.69, 9.17) is 0 Å². The predicted molar refractivity (Wildman–Crippen MR) is 204 cm³/mol. The number of rotatable bonds is 6. The Balaban J connectivity index is 1.43. The molecule has 0 amide bonds. The van der Waals surface area contributed by atoms with Crippen LogP contribution in [0.3, 0.4) is 0 Å². The highest BCUT2D eigenvalue weighted by atomic mass is 28.3. The van der Waals surface area contributed by atoms with Gasteiger partial charge in [0.15, 0.2) is 8.07 Å². The molecule has 8 rings (SSSR count). The van der Waals surface area contributed by atoms with Crippen LogP contribution in [0.15, 0.2) is 170 Å². The van der Waals surface area contributed by atoms with Gasteiger partial charge in [0.1, 0.15) is 0 Å². The fourth-order valence-electron chi connectivity index (χ4n) is 7.54. The maximum absolute atomic E-state index is 11.2. The summed E-state index contributed by atoms with van der Waals surface area (Å²) in [7, 11) is -3.02. The first-order valence-corrected chi connectivity index (χ1v) is 18.4. The van der Waals surface area contributed by atoms with Crippen molar-refractivity contribution in [2.24, 2.45) is 0 Å². The van der Waals surface area contributed by atoms with Crippen LogP contribution in [0.1, 0.15) is 16.7 Å². The molecule has 8 aromatic rings. The van der Waals surface area contributed by atoms with Gasteiger partial charge in [0.25, 0.3) is 0 Å². The van der Waals surface area contributed by atoms with Gasteiger partial charge in [-0.1, -0.05) is 127 Å². The molecule has 1 heterocycles. The summed E-state index contributed by atoms with van der Waals surface area (Å²) in [5.41, 5.74) is 5.94. The maximum Gasteiger partial charge on any atom is 0.180 e. The molecule has 7 aromatic carbocycles. The first-order valence-electron chi connectivity index (χ1n) is 16.4. The highest BCUT2D eigenvalue weighted by molar-refractivity contribution is 7.20. The highest BCUT2D eigenvalue weighted by Crippen LogP contribution is 2.35. The van der Waals surface area contributed by atoms with E-state index in [0.29, 0.717) is 16.7 Å². The van der Waals surface area contributed by atoms with Gasteiger partial charge in [0, 0.05) is 16.5 Å². The molecule has 0 atom stereocenters. The number of aromatic nitrogens is 1. The highest BCUT2D eigenvalue weighted by Gasteiger charge is 2.43. The Bertz CT molecular complexity index is 2580. The summed E-state index contributed by atoms with van der Waals surface area (Å²) >= 11 is 0. The average Bonchev–Trinajstić information content (AvgIpc) is 3.53. The largest absolute Gasteiger partial charge is 0.309 e. The number of hydrogen-bond acceptors (Lipinski definition) is 3. The smallest absolute Gasteiger partial charge is 0.180 e. The number of fused-ring (bicyclic) bond motifs is 3. The second-order valence-electron chi connectivity index (χ2n) is 12.3. The first-order chi connectivity index (χ1) is 24.7. The van der Waals surface area contributed by atoms with Gasteiger partial charge < -0.3 is 4.57 Å². The van der Waals surface area contributed by atoms with Crippen LogP contribution in [0, 0.1) is 34.0 Å². The Morgan fingerprint density at radius 1 is 0.440 bits per heavy atom. The Hall–Kier alpha value is -6.97. The number of benzene rings is 7. The Morgan fingerprint density at radius 2 is 1.02 bits per heavy atom. The van der Waals surface area contributed by atoms with Crippen molar-refractivity contribution >= 4 is 50.6 Å². The third kappa shape index (κ3) is 4.80. The van der Waals surface area contributed by atoms with E-state index in [0.717, 1.165) is 43.8 Å². The lowest BCUT2D eigenvalue weighted by atomic mass is 9.98. The van der Waals surface area contributed by atoms with Gasteiger partial charge in [-0.25, -0.2) is 0 Å². The van der Waals surface area contributed by atoms with E-state index in [2.05, 4.69) is 120 Å². The van der Waals surface area contributed by atoms with Gasteiger partial charge in [-0.15, -0.1) is 0 Å². The number of nitriles is 3. The molecule has 0 spiro atoms. The summed E-state index contributed by atoms with van der Waals surface area (Å²) < 4.78 is 2.14. The Morgan fingerprint density at radius 3 is 1.62 bits per heavy atom. The van der Waals surface area contributed by atoms with Crippen LogP contribution >= 0.6 is 0 Å². The molecule has 0 aliphatic heterocycles. The minimum Gasteiger partial charge on any atom is -0.309 e. The molecule has 232 valence electrons. The second kappa shape index (κ2) is 12.6. The monoisotopic (exact) mass is 652 g/mol.